The van der Waals surface area contributed by atoms with Gasteiger partial charge in [-0.05, 0) is 82.2 Å². The van der Waals surface area contributed by atoms with E-state index >= 15 is 0 Å². The third-order valence-electron chi connectivity index (χ3n) is 6.50. The Balaban J connectivity index is 1.67. The number of likely N-dealkylation sites (tertiary alicyclic amines) is 2. The first-order valence-electron chi connectivity index (χ1n) is 10.7. The quantitative estimate of drug-likeness (QED) is 0.618. The van der Waals surface area contributed by atoms with Gasteiger partial charge in [-0.15, -0.1) is 0 Å². The third-order valence-corrected chi connectivity index (χ3v) is 6.50. The first-order valence-corrected chi connectivity index (χ1v) is 10.7. The maximum atomic E-state index is 13.3. The molecule has 1 unspecified atom stereocenters. The van der Waals surface area contributed by atoms with Crippen molar-refractivity contribution in [3.63, 3.8) is 0 Å². The molecule has 1 aromatic rings. The van der Waals surface area contributed by atoms with Gasteiger partial charge in [-0.25, -0.2) is 4.39 Å². The summed E-state index contributed by atoms with van der Waals surface area (Å²) in [6.07, 6.45) is 8.87. The second-order valence-electron chi connectivity index (χ2n) is 9.42. The monoisotopic (exact) mass is 372 g/mol. The van der Waals surface area contributed by atoms with Gasteiger partial charge in [0.1, 0.15) is 5.82 Å². The Hall–Kier alpha value is -1.19. The predicted molar refractivity (Wildman–Crippen MR) is 113 cm³/mol. The summed E-state index contributed by atoms with van der Waals surface area (Å²) in [7, 11) is 0. The molecule has 0 radical (unpaired) electrons. The van der Waals surface area contributed by atoms with Crippen LogP contribution in [0.15, 0.2) is 35.9 Å². The van der Waals surface area contributed by atoms with Crippen LogP contribution in [0.5, 0.6) is 0 Å². The number of halogens is 1. The topological polar surface area (TPSA) is 6.48 Å². The van der Waals surface area contributed by atoms with Crippen LogP contribution in [0, 0.1) is 5.82 Å². The Bertz CT molecular complexity index is 616. The summed E-state index contributed by atoms with van der Waals surface area (Å²) in [5, 5.41) is 0. The molecule has 2 saturated heterocycles. The highest BCUT2D eigenvalue weighted by Gasteiger charge is 2.32. The molecule has 1 aromatic carbocycles. The highest BCUT2D eigenvalue weighted by Crippen LogP contribution is 2.32. The molecule has 2 nitrogen and oxygen atoms in total. The summed E-state index contributed by atoms with van der Waals surface area (Å²) >= 11 is 0. The second kappa shape index (κ2) is 8.87. The Kier molecular flexibility index (Phi) is 6.75. The average molecular weight is 373 g/mol. The minimum atomic E-state index is -0.153. The van der Waals surface area contributed by atoms with E-state index in [4.69, 9.17) is 0 Å². The van der Waals surface area contributed by atoms with E-state index in [1.807, 2.05) is 12.1 Å². The van der Waals surface area contributed by atoms with Crippen molar-refractivity contribution in [2.24, 2.45) is 0 Å². The summed E-state index contributed by atoms with van der Waals surface area (Å²) in [5.74, 6) is -0.153. The summed E-state index contributed by atoms with van der Waals surface area (Å²) in [5.41, 5.74) is 2.63. The number of piperidine rings is 1. The summed E-state index contributed by atoms with van der Waals surface area (Å²) < 4.78 is 13.3. The first kappa shape index (κ1) is 20.5. The Morgan fingerprint density at radius 1 is 1.07 bits per heavy atom. The standard InChI is InChI=1S/C24H37FN2/c1-19(2)17-23(18-24(3,4)20-7-9-21(25)10-8-20)27-15-11-22(12-16-27)26-13-5-6-14-26/h7-10,17,22-23H,5-6,11-16,18H2,1-4H3. The molecule has 3 heteroatoms. The molecule has 0 spiro atoms. The molecule has 0 amide bonds. The normalized spacial score (nSPS) is 21.4. The minimum Gasteiger partial charge on any atom is -0.300 e. The van der Waals surface area contributed by atoms with Crippen LogP contribution in [0.4, 0.5) is 4.39 Å². The molecule has 0 bridgehead atoms. The van der Waals surface area contributed by atoms with Crippen LogP contribution >= 0.6 is 0 Å². The molecule has 0 N–H and O–H groups in total. The number of hydrogen-bond acceptors (Lipinski definition) is 2. The zero-order valence-electron chi connectivity index (χ0n) is 17.7. The van der Waals surface area contributed by atoms with Crippen LogP contribution in [0.3, 0.4) is 0 Å². The molecule has 2 heterocycles. The smallest absolute Gasteiger partial charge is 0.123 e. The van der Waals surface area contributed by atoms with E-state index in [0.717, 1.165) is 12.5 Å². The van der Waals surface area contributed by atoms with E-state index in [9.17, 15) is 4.39 Å². The van der Waals surface area contributed by atoms with Crippen molar-refractivity contribution < 1.29 is 4.39 Å². The Morgan fingerprint density at radius 2 is 1.67 bits per heavy atom. The van der Waals surface area contributed by atoms with Crippen molar-refractivity contribution in [3.05, 3.63) is 47.3 Å². The molecule has 1 atom stereocenters. The van der Waals surface area contributed by atoms with Crippen molar-refractivity contribution in [2.75, 3.05) is 26.2 Å². The third kappa shape index (κ3) is 5.42. The number of allylic oxidation sites excluding steroid dienone is 1. The van der Waals surface area contributed by atoms with Gasteiger partial charge in [0.25, 0.3) is 0 Å². The van der Waals surface area contributed by atoms with Crippen LogP contribution in [0.25, 0.3) is 0 Å². The van der Waals surface area contributed by atoms with Gasteiger partial charge in [0, 0.05) is 25.2 Å². The zero-order valence-corrected chi connectivity index (χ0v) is 17.7. The first-order chi connectivity index (χ1) is 12.8. The predicted octanol–water partition coefficient (Wildman–Crippen LogP) is 5.39. The van der Waals surface area contributed by atoms with Gasteiger partial charge in [-0.3, -0.25) is 4.90 Å². The molecule has 27 heavy (non-hydrogen) atoms. The van der Waals surface area contributed by atoms with Crippen LogP contribution in [-0.2, 0) is 5.41 Å². The molecule has 0 aromatic heterocycles. The lowest BCUT2D eigenvalue weighted by Crippen LogP contribution is -2.48. The minimum absolute atomic E-state index is 0.0239. The van der Waals surface area contributed by atoms with Gasteiger partial charge < -0.3 is 4.90 Å². The molecule has 2 fully saturated rings. The van der Waals surface area contributed by atoms with E-state index in [-0.39, 0.29) is 11.2 Å². The van der Waals surface area contributed by atoms with Gasteiger partial charge in [0.15, 0.2) is 0 Å². The van der Waals surface area contributed by atoms with Gasteiger partial charge in [-0.2, -0.15) is 0 Å². The maximum Gasteiger partial charge on any atom is 0.123 e. The molecular formula is C24H37FN2. The van der Waals surface area contributed by atoms with Crippen molar-refractivity contribution in [2.45, 2.75) is 77.3 Å². The summed E-state index contributed by atoms with van der Waals surface area (Å²) in [4.78, 5) is 5.40. The molecule has 150 valence electrons. The van der Waals surface area contributed by atoms with E-state index in [0.29, 0.717) is 6.04 Å². The largest absolute Gasteiger partial charge is 0.300 e. The molecule has 2 aliphatic heterocycles. The van der Waals surface area contributed by atoms with E-state index < -0.39 is 0 Å². The van der Waals surface area contributed by atoms with Gasteiger partial charge in [-0.1, -0.05) is 37.6 Å². The Morgan fingerprint density at radius 3 is 2.22 bits per heavy atom. The van der Waals surface area contributed by atoms with Crippen molar-refractivity contribution in [1.82, 2.24) is 9.80 Å². The molecular weight excluding hydrogens is 335 g/mol. The number of nitrogens with zero attached hydrogens (tertiary/aromatic N) is 2. The van der Waals surface area contributed by atoms with Crippen LogP contribution in [-0.4, -0.2) is 48.1 Å². The van der Waals surface area contributed by atoms with Crippen molar-refractivity contribution in [1.29, 1.82) is 0 Å². The van der Waals surface area contributed by atoms with Crippen molar-refractivity contribution in [3.8, 4) is 0 Å². The van der Waals surface area contributed by atoms with E-state index in [1.165, 1.54) is 63.0 Å². The lowest BCUT2D eigenvalue weighted by atomic mass is 9.78. The average Bonchev–Trinajstić information content (AvgIpc) is 3.16. The van der Waals surface area contributed by atoms with Gasteiger partial charge in [0.05, 0.1) is 0 Å². The molecule has 0 saturated carbocycles. The van der Waals surface area contributed by atoms with Crippen LogP contribution in [0.1, 0.15) is 65.4 Å². The van der Waals surface area contributed by atoms with E-state index in [1.54, 1.807) is 12.1 Å². The highest BCUT2D eigenvalue weighted by atomic mass is 19.1. The molecule has 0 aliphatic carbocycles. The fraction of sp³-hybridized carbons (Fsp3) is 0.667. The Labute approximate surface area is 165 Å². The summed E-state index contributed by atoms with van der Waals surface area (Å²) in [6, 6.07) is 8.34. The highest BCUT2D eigenvalue weighted by molar-refractivity contribution is 5.25. The lowest BCUT2D eigenvalue weighted by molar-refractivity contribution is 0.100. The van der Waals surface area contributed by atoms with E-state index in [2.05, 4.69) is 43.6 Å². The van der Waals surface area contributed by atoms with Gasteiger partial charge in [0.2, 0.25) is 0 Å². The maximum absolute atomic E-state index is 13.3. The van der Waals surface area contributed by atoms with Gasteiger partial charge >= 0.3 is 0 Å². The molecule has 2 aliphatic rings. The van der Waals surface area contributed by atoms with Crippen molar-refractivity contribution >= 4 is 0 Å². The zero-order chi connectivity index (χ0) is 19.4. The SMILES string of the molecule is CC(C)=CC(CC(C)(C)c1ccc(F)cc1)N1CCC(N2CCCC2)CC1. The lowest BCUT2D eigenvalue weighted by Gasteiger charge is -2.42. The number of rotatable bonds is 6. The second-order valence-corrected chi connectivity index (χ2v) is 9.42. The molecule has 3 rings (SSSR count). The fourth-order valence-corrected chi connectivity index (χ4v) is 4.91. The number of benzene rings is 1. The van der Waals surface area contributed by atoms with Crippen LogP contribution in [0.2, 0.25) is 0 Å². The fourth-order valence-electron chi connectivity index (χ4n) is 4.91. The number of hydrogen-bond donors (Lipinski definition) is 0. The van der Waals surface area contributed by atoms with Crippen LogP contribution < -0.4 is 0 Å². The summed E-state index contributed by atoms with van der Waals surface area (Å²) in [6.45, 7) is 14.0.